The Balaban J connectivity index is 0. The van der Waals surface area contributed by atoms with E-state index in [-0.39, 0.29) is 24.8 Å². The zero-order chi connectivity index (χ0) is 14.8. The average molecular weight is 356 g/mol. The van der Waals surface area contributed by atoms with Crippen molar-refractivity contribution in [2.24, 2.45) is 0 Å². The first-order valence-corrected chi connectivity index (χ1v) is 8.38. The smallest absolute Gasteiger partial charge is 0.222 e. The van der Waals surface area contributed by atoms with Crippen molar-refractivity contribution in [2.75, 3.05) is 39.8 Å². The van der Waals surface area contributed by atoms with Crippen molar-refractivity contribution in [2.45, 2.75) is 58.4 Å². The van der Waals surface area contributed by atoms with E-state index in [4.69, 9.17) is 0 Å². The Labute approximate surface area is 149 Å². The number of piperidine rings is 1. The summed E-state index contributed by atoms with van der Waals surface area (Å²) in [6.07, 6.45) is 6.32. The largest absolute Gasteiger partial charge is 0.343 e. The predicted octanol–water partition coefficient (Wildman–Crippen LogP) is 2.94. The summed E-state index contributed by atoms with van der Waals surface area (Å²) in [5, 5.41) is 3.30. The summed E-state index contributed by atoms with van der Waals surface area (Å²) >= 11 is 0. The molecule has 0 spiro atoms. The maximum Gasteiger partial charge on any atom is 0.222 e. The molecule has 134 valence electrons. The van der Waals surface area contributed by atoms with Crippen molar-refractivity contribution in [3.63, 3.8) is 0 Å². The molecule has 6 heteroatoms. The van der Waals surface area contributed by atoms with E-state index in [2.05, 4.69) is 29.0 Å². The van der Waals surface area contributed by atoms with Gasteiger partial charge in [-0.25, -0.2) is 0 Å². The number of nitrogens with one attached hydrogen (secondary N) is 1. The first kappa shape index (κ1) is 24.2. The van der Waals surface area contributed by atoms with Crippen molar-refractivity contribution < 1.29 is 4.79 Å². The monoisotopic (exact) mass is 355 g/mol. The van der Waals surface area contributed by atoms with Gasteiger partial charge in [0, 0.05) is 25.6 Å². The van der Waals surface area contributed by atoms with Crippen LogP contribution < -0.4 is 5.32 Å². The fraction of sp³-hybridized carbons (Fsp3) is 0.938. The highest BCUT2D eigenvalue weighted by molar-refractivity contribution is 5.85. The van der Waals surface area contributed by atoms with Crippen molar-refractivity contribution in [1.29, 1.82) is 0 Å². The van der Waals surface area contributed by atoms with Crippen molar-refractivity contribution >= 4 is 30.7 Å². The van der Waals surface area contributed by atoms with Crippen molar-refractivity contribution in [3.8, 4) is 0 Å². The van der Waals surface area contributed by atoms with E-state index in [9.17, 15) is 4.79 Å². The van der Waals surface area contributed by atoms with Gasteiger partial charge < -0.3 is 15.1 Å². The van der Waals surface area contributed by atoms with Gasteiger partial charge in [-0.15, -0.1) is 24.8 Å². The molecule has 0 atom stereocenters. The lowest BCUT2D eigenvalue weighted by Crippen LogP contribution is -2.44. The van der Waals surface area contributed by atoms with Crippen LogP contribution >= 0.6 is 24.8 Å². The standard InChI is InChI=1S/C16H33N3O.2ClH/c1-4-10-18(11-5-2)12-6-7-16(20)19-13-8-15(17-3)9-14-19;;/h15,17H,4-14H2,1-3H3;2*1H. The van der Waals surface area contributed by atoms with Crippen LogP contribution in [0.3, 0.4) is 0 Å². The SMILES string of the molecule is CCCN(CCC)CCCC(=O)N1CCC(NC)CC1.Cl.Cl. The van der Waals surface area contributed by atoms with Crippen LogP contribution in [0, 0.1) is 0 Å². The second kappa shape index (κ2) is 14.6. The molecule has 1 amide bonds. The lowest BCUT2D eigenvalue weighted by atomic mass is 10.0. The van der Waals surface area contributed by atoms with E-state index in [0.29, 0.717) is 18.4 Å². The summed E-state index contributed by atoms with van der Waals surface area (Å²) in [6.45, 7) is 9.70. The Bertz CT molecular complexity index is 266. The molecule has 0 saturated carbocycles. The minimum absolute atomic E-state index is 0. The van der Waals surface area contributed by atoms with E-state index in [1.165, 1.54) is 12.8 Å². The molecule has 1 rings (SSSR count). The number of likely N-dealkylation sites (tertiary alicyclic amines) is 1. The third-order valence-electron chi connectivity index (χ3n) is 4.20. The van der Waals surface area contributed by atoms with Crippen molar-refractivity contribution in [1.82, 2.24) is 15.1 Å². The van der Waals surface area contributed by atoms with Crippen LogP contribution in [0.4, 0.5) is 0 Å². The van der Waals surface area contributed by atoms with Crippen LogP contribution in [0.2, 0.25) is 0 Å². The van der Waals surface area contributed by atoms with Crippen LogP contribution in [0.15, 0.2) is 0 Å². The molecule has 1 aliphatic rings. The maximum atomic E-state index is 12.2. The van der Waals surface area contributed by atoms with Gasteiger partial charge in [-0.3, -0.25) is 4.79 Å². The van der Waals surface area contributed by atoms with E-state index in [1.807, 2.05) is 7.05 Å². The molecule has 0 bridgehead atoms. The molecule has 1 saturated heterocycles. The van der Waals surface area contributed by atoms with Gasteiger partial charge in [0.25, 0.3) is 0 Å². The summed E-state index contributed by atoms with van der Waals surface area (Å²) in [4.78, 5) is 16.7. The average Bonchev–Trinajstić information content (AvgIpc) is 2.47. The van der Waals surface area contributed by atoms with Gasteiger partial charge in [-0.1, -0.05) is 13.8 Å². The van der Waals surface area contributed by atoms with E-state index in [1.54, 1.807) is 0 Å². The lowest BCUT2D eigenvalue weighted by molar-refractivity contribution is -0.132. The van der Waals surface area contributed by atoms with E-state index >= 15 is 0 Å². The quantitative estimate of drug-likeness (QED) is 0.690. The Hall–Kier alpha value is -0.0300. The van der Waals surface area contributed by atoms with Gasteiger partial charge >= 0.3 is 0 Å². The van der Waals surface area contributed by atoms with Crippen LogP contribution in [0.1, 0.15) is 52.4 Å². The van der Waals surface area contributed by atoms with Crippen LogP contribution in [-0.2, 0) is 4.79 Å². The molecule has 0 unspecified atom stereocenters. The molecular weight excluding hydrogens is 321 g/mol. The highest BCUT2D eigenvalue weighted by Gasteiger charge is 2.21. The van der Waals surface area contributed by atoms with Gasteiger partial charge in [0.1, 0.15) is 0 Å². The third kappa shape index (κ3) is 9.19. The minimum Gasteiger partial charge on any atom is -0.343 e. The summed E-state index contributed by atoms with van der Waals surface area (Å²) in [5.74, 6) is 0.354. The molecule has 0 aromatic carbocycles. The van der Waals surface area contributed by atoms with Crippen molar-refractivity contribution in [3.05, 3.63) is 0 Å². The first-order valence-electron chi connectivity index (χ1n) is 8.38. The Morgan fingerprint density at radius 1 is 1.09 bits per heavy atom. The normalized spacial score (nSPS) is 15.4. The van der Waals surface area contributed by atoms with Crippen LogP contribution in [0.5, 0.6) is 0 Å². The highest BCUT2D eigenvalue weighted by Crippen LogP contribution is 2.12. The number of nitrogens with zero attached hydrogens (tertiary/aromatic N) is 2. The van der Waals surface area contributed by atoms with Gasteiger partial charge in [-0.2, -0.15) is 0 Å². The zero-order valence-electron chi connectivity index (χ0n) is 14.5. The molecule has 1 heterocycles. The molecule has 0 aliphatic carbocycles. The topological polar surface area (TPSA) is 35.6 Å². The maximum absolute atomic E-state index is 12.2. The number of hydrogen-bond acceptors (Lipinski definition) is 3. The molecule has 0 aromatic rings. The fourth-order valence-electron chi connectivity index (χ4n) is 3.00. The second-order valence-corrected chi connectivity index (χ2v) is 5.89. The molecule has 4 nitrogen and oxygen atoms in total. The summed E-state index contributed by atoms with van der Waals surface area (Å²) in [5.41, 5.74) is 0. The summed E-state index contributed by atoms with van der Waals surface area (Å²) in [7, 11) is 2.01. The van der Waals surface area contributed by atoms with E-state index in [0.717, 1.165) is 52.0 Å². The molecule has 22 heavy (non-hydrogen) atoms. The number of hydrogen-bond donors (Lipinski definition) is 1. The number of amides is 1. The fourth-order valence-corrected chi connectivity index (χ4v) is 3.00. The Kier molecular flexibility index (Phi) is 16.0. The molecule has 1 N–H and O–H groups in total. The Morgan fingerprint density at radius 2 is 1.64 bits per heavy atom. The number of rotatable bonds is 9. The lowest BCUT2D eigenvalue weighted by Gasteiger charge is -2.32. The van der Waals surface area contributed by atoms with Gasteiger partial charge in [0.05, 0.1) is 0 Å². The molecule has 0 radical (unpaired) electrons. The zero-order valence-corrected chi connectivity index (χ0v) is 16.1. The van der Waals surface area contributed by atoms with E-state index < -0.39 is 0 Å². The van der Waals surface area contributed by atoms with Gasteiger partial charge in [0.2, 0.25) is 5.91 Å². The first-order chi connectivity index (χ1) is 9.71. The Morgan fingerprint density at radius 3 is 2.09 bits per heavy atom. The number of halogens is 2. The van der Waals surface area contributed by atoms with Crippen LogP contribution in [-0.4, -0.2) is 61.5 Å². The molecule has 1 aliphatic heterocycles. The summed E-state index contributed by atoms with van der Waals surface area (Å²) < 4.78 is 0. The summed E-state index contributed by atoms with van der Waals surface area (Å²) in [6, 6.07) is 0.601. The second-order valence-electron chi connectivity index (χ2n) is 5.89. The van der Waals surface area contributed by atoms with Gasteiger partial charge in [0.15, 0.2) is 0 Å². The minimum atomic E-state index is 0. The number of carbonyl (C=O) groups excluding carboxylic acids is 1. The predicted molar refractivity (Wildman–Crippen MR) is 99.4 cm³/mol. The number of carbonyl (C=O) groups is 1. The highest BCUT2D eigenvalue weighted by atomic mass is 35.5. The molecular formula is C16H35Cl2N3O. The third-order valence-corrected chi connectivity index (χ3v) is 4.20. The molecule has 1 fully saturated rings. The van der Waals surface area contributed by atoms with Crippen LogP contribution in [0.25, 0.3) is 0 Å². The molecule has 0 aromatic heterocycles. The van der Waals surface area contributed by atoms with Gasteiger partial charge in [-0.05, 0) is 58.8 Å².